The van der Waals surface area contributed by atoms with Crippen molar-refractivity contribution in [2.45, 2.75) is 18.4 Å². The average Bonchev–Trinajstić information content (AvgIpc) is 2.45. The lowest BCUT2D eigenvalue weighted by Crippen LogP contribution is -2.48. The molecule has 2 saturated heterocycles. The molecule has 78 valence electrons. The van der Waals surface area contributed by atoms with Gasteiger partial charge in [-0.2, -0.15) is 0 Å². The molecular weight excluding hydrogens is 194 g/mol. The first-order valence-corrected chi connectivity index (χ1v) is 4.04. The van der Waals surface area contributed by atoms with Crippen LogP contribution in [0.25, 0.3) is 0 Å². The van der Waals surface area contributed by atoms with E-state index in [0.29, 0.717) is 0 Å². The Morgan fingerprint density at radius 1 is 1.50 bits per heavy atom. The van der Waals surface area contributed by atoms with Crippen LogP contribution in [0.4, 0.5) is 0 Å². The number of aliphatic hydroxyl groups excluding tert-OH is 1. The molecular formula is C7H9NO6. The van der Waals surface area contributed by atoms with Gasteiger partial charge in [0.2, 0.25) is 6.23 Å². The van der Waals surface area contributed by atoms with Gasteiger partial charge in [0, 0.05) is 7.11 Å². The van der Waals surface area contributed by atoms with E-state index in [1.807, 2.05) is 0 Å². The summed E-state index contributed by atoms with van der Waals surface area (Å²) in [5.74, 6) is -2.17. The summed E-state index contributed by atoms with van der Waals surface area (Å²) in [5, 5.41) is 10.7. The molecule has 0 aliphatic carbocycles. The molecule has 0 spiro atoms. The number of carbonyl (C=O) groups is 2. The fraction of sp³-hybridized carbons (Fsp3) is 0.714. The van der Waals surface area contributed by atoms with Crippen LogP contribution in [0.3, 0.4) is 0 Å². The number of methoxy groups -OCH3 is 1. The van der Waals surface area contributed by atoms with Crippen LogP contribution >= 0.6 is 0 Å². The molecule has 7 heteroatoms. The van der Waals surface area contributed by atoms with Crippen LogP contribution in [0.5, 0.6) is 0 Å². The normalized spacial score (nSPS) is 37.7. The summed E-state index contributed by atoms with van der Waals surface area (Å²) in [6.07, 6.45) is -2.49. The number of ether oxygens (including phenoxy) is 2. The number of hydrogen-bond acceptors (Lipinski definition) is 7. The van der Waals surface area contributed by atoms with E-state index in [4.69, 9.17) is 4.74 Å². The SMILES string of the molecule is CO[C@@H]1CN2OC(=O)C(=O)OC2[C@@H]1O. The van der Waals surface area contributed by atoms with E-state index in [2.05, 4.69) is 9.57 Å². The van der Waals surface area contributed by atoms with Crippen molar-refractivity contribution in [1.82, 2.24) is 5.06 Å². The second kappa shape index (κ2) is 3.19. The molecule has 0 saturated carbocycles. The van der Waals surface area contributed by atoms with Crippen molar-refractivity contribution in [2.75, 3.05) is 13.7 Å². The molecule has 0 radical (unpaired) electrons. The molecule has 0 aromatic carbocycles. The van der Waals surface area contributed by atoms with Gasteiger partial charge in [-0.25, -0.2) is 9.59 Å². The van der Waals surface area contributed by atoms with Crippen LogP contribution in [0.15, 0.2) is 0 Å². The highest BCUT2D eigenvalue weighted by Gasteiger charge is 2.50. The van der Waals surface area contributed by atoms with Gasteiger partial charge in [-0.3, -0.25) is 0 Å². The number of fused-ring (bicyclic) bond motifs is 1. The van der Waals surface area contributed by atoms with Crippen LogP contribution in [0.1, 0.15) is 0 Å². The molecule has 2 fully saturated rings. The minimum Gasteiger partial charge on any atom is -0.432 e. The lowest BCUT2D eigenvalue weighted by atomic mass is 10.2. The maximum atomic E-state index is 10.8. The number of rotatable bonds is 1. The quantitative estimate of drug-likeness (QED) is 0.390. The molecule has 1 N–H and O–H groups in total. The van der Waals surface area contributed by atoms with E-state index in [0.717, 1.165) is 5.06 Å². The Morgan fingerprint density at radius 2 is 2.21 bits per heavy atom. The molecule has 0 bridgehead atoms. The van der Waals surface area contributed by atoms with Crippen LogP contribution in [-0.4, -0.2) is 54.2 Å². The second-order valence-corrected chi connectivity index (χ2v) is 3.04. The summed E-state index contributed by atoms with van der Waals surface area (Å²) in [4.78, 5) is 26.2. The summed E-state index contributed by atoms with van der Waals surface area (Å²) in [5.41, 5.74) is 0. The van der Waals surface area contributed by atoms with E-state index in [1.54, 1.807) is 0 Å². The van der Waals surface area contributed by atoms with Crippen molar-refractivity contribution >= 4 is 11.9 Å². The van der Waals surface area contributed by atoms with Crippen LogP contribution in [0, 0.1) is 0 Å². The molecule has 2 heterocycles. The van der Waals surface area contributed by atoms with Gasteiger partial charge in [0.1, 0.15) is 12.2 Å². The third kappa shape index (κ3) is 1.26. The fourth-order valence-electron chi connectivity index (χ4n) is 1.48. The van der Waals surface area contributed by atoms with Crippen molar-refractivity contribution in [3.8, 4) is 0 Å². The van der Waals surface area contributed by atoms with Gasteiger partial charge < -0.3 is 19.4 Å². The number of nitrogens with zero attached hydrogens (tertiary/aromatic N) is 1. The predicted octanol–water partition coefficient (Wildman–Crippen LogP) is -1.98. The van der Waals surface area contributed by atoms with E-state index >= 15 is 0 Å². The van der Waals surface area contributed by atoms with Crippen molar-refractivity contribution in [1.29, 1.82) is 0 Å². The maximum absolute atomic E-state index is 10.8. The zero-order chi connectivity index (χ0) is 10.3. The van der Waals surface area contributed by atoms with Crippen LogP contribution in [0.2, 0.25) is 0 Å². The topological polar surface area (TPSA) is 85.3 Å². The first-order valence-electron chi connectivity index (χ1n) is 4.04. The number of aliphatic hydroxyl groups is 1. The van der Waals surface area contributed by atoms with Crippen molar-refractivity contribution in [2.24, 2.45) is 0 Å². The van der Waals surface area contributed by atoms with Gasteiger partial charge in [-0.15, -0.1) is 0 Å². The Balaban J connectivity index is 2.13. The fourth-order valence-corrected chi connectivity index (χ4v) is 1.48. The Labute approximate surface area is 79.1 Å². The van der Waals surface area contributed by atoms with Gasteiger partial charge in [0.25, 0.3) is 0 Å². The Bertz CT molecular complexity index is 279. The molecule has 2 rings (SSSR count). The highest BCUT2D eigenvalue weighted by atomic mass is 16.8. The summed E-state index contributed by atoms with van der Waals surface area (Å²) < 4.78 is 9.56. The summed E-state index contributed by atoms with van der Waals surface area (Å²) in [6.45, 7) is 0.182. The molecule has 0 aromatic rings. The average molecular weight is 203 g/mol. The van der Waals surface area contributed by atoms with Crippen molar-refractivity contribution in [3.05, 3.63) is 0 Å². The molecule has 14 heavy (non-hydrogen) atoms. The molecule has 3 atom stereocenters. The molecule has 7 nitrogen and oxygen atoms in total. The minimum absolute atomic E-state index is 0.182. The number of hydroxylamine groups is 2. The van der Waals surface area contributed by atoms with E-state index in [9.17, 15) is 14.7 Å². The zero-order valence-electron chi connectivity index (χ0n) is 7.37. The van der Waals surface area contributed by atoms with Gasteiger partial charge in [-0.05, 0) is 0 Å². The van der Waals surface area contributed by atoms with Gasteiger partial charge >= 0.3 is 11.9 Å². The first-order chi connectivity index (χ1) is 6.63. The van der Waals surface area contributed by atoms with Crippen LogP contribution < -0.4 is 0 Å². The van der Waals surface area contributed by atoms with E-state index < -0.39 is 30.4 Å². The smallest absolute Gasteiger partial charge is 0.432 e. The second-order valence-electron chi connectivity index (χ2n) is 3.04. The van der Waals surface area contributed by atoms with Gasteiger partial charge in [-0.1, -0.05) is 5.06 Å². The van der Waals surface area contributed by atoms with Gasteiger partial charge in [0.15, 0.2) is 0 Å². The minimum atomic E-state index is -1.10. The molecule has 2 aliphatic heterocycles. The number of hydrogen-bond donors (Lipinski definition) is 1. The van der Waals surface area contributed by atoms with Gasteiger partial charge in [0.05, 0.1) is 6.54 Å². The molecule has 0 aromatic heterocycles. The summed E-state index contributed by atoms with van der Waals surface area (Å²) >= 11 is 0. The first kappa shape index (κ1) is 9.38. The molecule has 0 amide bonds. The van der Waals surface area contributed by atoms with Crippen LogP contribution in [-0.2, 0) is 23.9 Å². The Hall–Kier alpha value is -1.18. The monoisotopic (exact) mass is 203 g/mol. The van der Waals surface area contributed by atoms with Crippen molar-refractivity contribution < 1.29 is 29.0 Å². The largest absolute Gasteiger partial charge is 0.436 e. The lowest BCUT2D eigenvalue weighted by molar-refractivity contribution is -0.262. The number of carbonyl (C=O) groups excluding carboxylic acids is 2. The highest BCUT2D eigenvalue weighted by Crippen LogP contribution is 2.25. The van der Waals surface area contributed by atoms with Crippen molar-refractivity contribution in [3.63, 3.8) is 0 Å². The Kier molecular flexibility index (Phi) is 2.14. The molecule has 2 aliphatic rings. The summed E-state index contributed by atoms with van der Waals surface area (Å²) in [7, 11) is 1.41. The zero-order valence-corrected chi connectivity index (χ0v) is 7.37. The number of esters is 1. The van der Waals surface area contributed by atoms with E-state index in [-0.39, 0.29) is 6.54 Å². The predicted molar refractivity (Wildman–Crippen MR) is 39.5 cm³/mol. The molecule has 1 unspecified atom stereocenters. The summed E-state index contributed by atoms with van der Waals surface area (Å²) in [6, 6.07) is 0. The highest BCUT2D eigenvalue weighted by molar-refractivity contribution is 6.29. The standard InChI is InChI=1S/C7H9NO6/c1-12-3-2-8-5(4(3)9)13-6(10)7(11)14-8/h3-5,9H,2H2,1H3/t3-,4-,5?/m1/s1. The van der Waals surface area contributed by atoms with E-state index in [1.165, 1.54) is 7.11 Å². The Morgan fingerprint density at radius 3 is 2.86 bits per heavy atom. The third-order valence-corrected chi connectivity index (χ3v) is 2.21. The third-order valence-electron chi connectivity index (χ3n) is 2.21. The maximum Gasteiger partial charge on any atom is 0.436 e. The lowest BCUT2D eigenvalue weighted by Gasteiger charge is -2.27.